The van der Waals surface area contributed by atoms with Gasteiger partial charge in [0, 0.05) is 11.3 Å². The molecule has 1 fully saturated rings. The van der Waals surface area contributed by atoms with Gasteiger partial charge in [0.25, 0.3) is 5.78 Å². The number of aromatic nitrogens is 2. The van der Waals surface area contributed by atoms with E-state index < -0.39 is 17.7 Å². The van der Waals surface area contributed by atoms with Crippen molar-refractivity contribution in [2.45, 2.75) is 29.7 Å². The van der Waals surface area contributed by atoms with Crippen LogP contribution in [0.5, 0.6) is 23.0 Å². The minimum Gasteiger partial charge on any atom is -0.507 e. The summed E-state index contributed by atoms with van der Waals surface area (Å²) in [5.74, 6) is 0.0659. The van der Waals surface area contributed by atoms with Crippen molar-refractivity contribution in [1.82, 2.24) is 10.2 Å². The molecule has 0 aliphatic carbocycles. The van der Waals surface area contributed by atoms with Gasteiger partial charge in [0.2, 0.25) is 10.9 Å². The highest BCUT2D eigenvalue weighted by atomic mass is 32.2. The van der Waals surface area contributed by atoms with Crippen molar-refractivity contribution in [2.75, 3.05) is 26.2 Å². The number of aliphatic hydroxyl groups excluding tert-OH is 1. The number of aliphatic hydroxyl groups is 1. The third-order valence-electron chi connectivity index (χ3n) is 8.90. The van der Waals surface area contributed by atoms with Crippen LogP contribution in [0.25, 0.3) is 16.5 Å². The molecule has 0 bridgehead atoms. The quantitative estimate of drug-likeness (QED) is 0.0429. The van der Waals surface area contributed by atoms with Gasteiger partial charge in [-0.25, -0.2) is 0 Å². The van der Waals surface area contributed by atoms with Crippen molar-refractivity contribution in [3.05, 3.63) is 137 Å². The maximum absolute atomic E-state index is 14.0. The van der Waals surface area contributed by atoms with Crippen LogP contribution in [-0.4, -0.2) is 48.3 Å². The Morgan fingerprint density at radius 1 is 0.849 bits per heavy atom. The number of rotatable bonds is 12. The number of ketones is 1. The van der Waals surface area contributed by atoms with E-state index >= 15 is 0 Å². The van der Waals surface area contributed by atoms with Crippen LogP contribution >= 0.6 is 23.1 Å². The first-order valence-electron chi connectivity index (χ1n) is 16.6. The molecule has 1 amide bonds. The summed E-state index contributed by atoms with van der Waals surface area (Å²) in [5.41, 5.74) is 3.92. The molecule has 7 rings (SSSR count). The number of benzene rings is 5. The third kappa shape index (κ3) is 7.15. The summed E-state index contributed by atoms with van der Waals surface area (Å²) in [6.45, 7) is 2.38. The largest absolute Gasteiger partial charge is 0.507 e. The fraction of sp³-hybridized carbons (Fsp3) is 0.171. The second-order valence-electron chi connectivity index (χ2n) is 12.2. The molecule has 1 saturated heterocycles. The lowest BCUT2D eigenvalue weighted by Crippen LogP contribution is -2.29. The summed E-state index contributed by atoms with van der Waals surface area (Å²) in [4.78, 5) is 29.2. The first kappa shape index (κ1) is 35.5. The maximum Gasteiger partial charge on any atom is 0.301 e. The van der Waals surface area contributed by atoms with Gasteiger partial charge in [-0.05, 0) is 70.8 Å². The van der Waals surface area contributed by atoms with Crippen LogP contribution in [0.3, 0.4) is 0 Å². The van der Waals surface area contributed by atoms with E-state index in [1.54, 1.807) is 36.4 Å². The molecule has 0 saturated carbocycles. The number of carbonyl (C=O) groups is 2. The predicted molar refractivity (Wildman–Crippen MR) is 206 cm³/mol. The zero-order valence-corrected chi connectivity index (χ0v) is 31.0. The normalized spacial score (nSPS) is 15.2. The number of Topliss-reactive ketones (excluding diaryl/α,β-unsaturated/α-hetero) is 1. The minimum atomic E-state index is -1.11. The molecule has 1 aliphatic heterocycles. The van der Waals surface area contributed by atoms with Crippen molar-refractivity contribution < 1.29 is 33.6 Å². The Bertz CT molecular complexity index is 2330. The second-order valence-corrected chi connectivity index (χ2v) is 14.4. The van der Waals surface area contributed by atoms with Crippen LogP contribution in [0.15, 0.2) is 113 Å². The lowest BCUT2D eigenvalue weighted by Gasteiger charge is -2.24. The van der Waals surface area contributed by atoms with Crippen LogP contribution in [0, 0.1) is 6.92 Å². The average molecular weight is 746 g/mol. The van der Waals surface area contributed by atoms with Crippen molar-refractivity contribution in [1.29, 1.82) is 0 Å². The summed E-state index contributed by atoms with van der Waals surface area (Å²) in [6.07, 6.45) is 0. The Balaban J connectivity index is 1.24. The molecule has 6 aromatic rings. The van der Waals surface area contributed by atoms with Crippen molar-refractivity contribution in [2.24, 2.45) is 0 Å². The number of fused-ring (bicyclic) bond motifs is 1. The number of amides is 1. The van der Waals surface area contributed by atoms with Crippen LogP contribution < -0.4 is 23.8 Å². The van der Waals surface area contributed by atoms with Gasteiger partial charge < -0.3 is 24.1 Å². The molecule has 5 aromatic carbocycles. The number of aryl methyl sites for hydroxylation is 1. The molecule has 1 aliphatic rings. The van der Waals surface area contributed by atoms with Crippen LogP contribution in [0.2, 0.25) is 0 Å². The van der Waals surface area contributed by atoms with Gasteiger partial charge in [-0.1, -0.05) is 95.4 Å². The van der Waals surface area contributed by atoms with Crippen LogP contribution in [-0.2, 0) is 21.9 Å². The summed E-state index contributed by atoms with van der Waals surface area (Å²) in [6, 6.07) is 31.3. The molecule has 53 heavy (non-hydrogen) atoms. The zero-order valence-electron chi connectivity index (χ0n) is 29.4. The number of methoxy groups -OCH3 is 3. The highest BCUT2D eigenvalue weighted by molar-refractivity contribution is 8.00. The summed E-state index contributed by atoms with van der Waals surface area (Å²) in [5, 5.41) is 23.0. The Morgan fingerprint density at radius 2 is 1.57 bits per heavy atom. The van der Waals surface area contributed by atoms with Crippen molar-refractivity contribution in [3.8, 4) is 23.0 Å². The third-order valence-corrected chi connectivity index (χ3v) is 11.0. The van der Waals surface area contributed by atoms with E-state index in [-0.39, 0.29) is 16.5 Å². The fourth-order valence-corrected chi connectivity index (χ4v) is 8.23. The molecular formula is C41H35N3O7S2. The highest BCUT2D eigenvalue weighted by Crippen LogP contribution is 2.48. The van der Waals surface area contributed by atoms with E-state index in [2.05, 4.69) is 34.5 Å². The van der Waals surface area contributed by atoms with Gasteiger partial charge in [-0.15, -0.1) is 10.2 Å². The number of thioether (sulfide) groups is 1. The molecule has 10 nitrogen and oxygen atoms in total. The number of ether oxygens (including phenoxy) is 4. The number of hydrogen-bond acceptors (Lipinski definition) is 11. The van der Waals surface area contributed by atoms with E-state index in [9.17, 15) is 14.7 Å². The zero-order chi connectivity index (χ0) is 37.1. The lowest BCUT2D eigenvalue weighted by molar-refractivity contribution is -0.132. The van der Waals surface area contributed by atoms with Gasteiger partial charge in [-0.2, -0.15) is 0 Å². The predicted octanol–water partition coefficient (Wildman–Crippen LogP) is 8.52. The van der Waals surface area contributed by atoms with Crippen molar-refractivity contribution in [3.63, 3.8) is 0 Å². The summed E-state index contributed by atoms with van der Waals surface area (Å²) in [7, 11) is 4.44. The smallest absolute Gasteiger partial charge is 0.301 e. The van der Waals surface area contributed by atoms with Gasteiger partial charge in [0.1, 0.15) is 18.1 Å². The van der Waals surface area contributed by atoms with Gasteiger partial charge in [0.05, 0.1) is 32.9 Å². The van der Waals surface area contributed by atoms with Gasteiger partial charge in [0.15, 0.2) is 15.8 Å². The Labute approximate surface area is 314 Å². The topological polar surface area (TPSA) is 120 Å². The van der Waals surface area contributed by atoms with E-state index in [1.807, 2.05) is 49.4 Å². The molecule has 268 valence electrons. The minimum absolute atomic E-state index is 0.127. The van der Waals surface area contributed by atoms with Crippen LogP contribution in [0.1, 0.15) is 33.9 Å². The molecule has 1 N–H and O–H groups in total. The number of hydrogen-bond donors (Lipinski definition) is 1. The summed E-state index contributed by atoms with van der Waals surface area (Å²) >= 11 is 2.67. The second kappa shape index (κ2) is 15.4. The number of carbonyl (C=O) groups excluding carboxylic acids is 2. The Morgan fingerprint density at radius 3 is 2.28 bits per heavy atom. The van der Waals surface area contributed by atoms with Crippen molar-refractivity contribution >= 4 is 56.5 Å². The SMILES string of the molecule is COc1cc(C2/C(=C(\O)c3ccc(OCc4cccc(C)c4)cc3)C(=O)C(=O)N2c2nnc(SCc3cccc4ccccc34)s2)cc(OC)c1OC. The van der Waals surface area contributed by atoms with Gasteiger partial charge in [-0.3, -0.25) is 14.5 Å². The molecule has 0 radical (unpaired) electrons. The standard InChI is InChI=1S/C41H35N3O7S2/c1-24-9-7-10-25(19-24)22-51-30-17-15-27(16-18-30)36(45)34-35(29-20-32(48-2)38(50-4)33(21-29)49-3)44(39(47)37(34)46)40-42-43-41(53-40)52-23-28-13-8-12-26-11-5-6-14-31(26)28/h5-21,35,45H,22-23H2,1-4H3/b36-34+. The Hall–Kier alpha value is -5.85. The van der Waals surface area contributed by atoms with E-state index in [0.717, 1.165) is 27.5 Å². The lowest BCUT2D eigenvalue weighted by atomic mass is 9.94. The number of nitrogens with zero attached hydrogens (tertiary/aromatic N) is 3. The molecule has 12 heteroatoms. The molecular weight excluding hydrogens is 711 g/mol. The highest BCUT2D eigenvalue weighted by Gasteiger charge is 2.49. The van der Waals surface area contributed by atoms with Crippen LogP contribution in [0.4, 0.5) is 5.13 Å². The molecule has 1 aromatic heterocycles. The van der Waals surface area contributed by atoms with Gasteiger partial charge >= 0.3 is 5.91 Å². The fourth-order valence-electron chi connectivity index (χ4n) is 6.35. The van der Waals surface area contributed by atoms with E-state index in [1.165, 1.54) is 49.3 Å². The monoisotopic (exact) mass is 745 g/mol. The molecule has 1 atom stereocenters. The van der Waals surface area contributed by atoms with E-state index in [4.69, 9.17) is 18.9 Å². The average Bonchev–Trinajstić information content (AvgIpc) is 3.76. The molecule has 0 spiro atoms. The summed E-state index contributed by atoms with van der Waals surface area (Å²) < 4.78 is 23.4. The maximum atomic E-state index is 14.0. The Kier molecular flexibility index (Phi) is 10.3. The molecule has 2 heterocycles. The van der Waals surface area contributed by atoms with E-state index in [0.29, 0.717) is 50.8 Å². The number of anilines is 1. The first-order chi connectivity index (χ1) is 25.8. The first-order valence-corrected chi connectivity index (χ1v) is 18.4. The molecule has 1 unspecified atom stereocenters.